The molecule has 72 valence electrons. The molecule has 0 spiro atoms. The van der Waals surface area contributed by atoms with E-state index in [0.717, 1.165) is 0 Å². The monoisotopic (exact) mass is 190 g/mol. The van der Waals surface area contributed by atoms with Gasteiger partial charge in [-0.2, -0.15) is 0 Å². The Morgan fingerprint density at radius 3 is 3.21 bits per heavy atom. The molecule has 3 nitrogen and oxygen atoms in total. The van der Waals surface area contributed by atoms with E-state index < -0.39 is 5.60 Å². The lowest BCUT2D eigenvalue weighted by Crippen LogP contribution is -2.34. The van der Waals surface area contributed by atoms with Crippen LogP contribution in [0.3, 0.4) is 0 Å². The summed E-state index contributed by atoms with van der Waals surface area (Å²) >= 11 is 0. The maximum absolute atomic E-state index is 11.3. The molecule has 0 N–H and O–H groups in total. The first-order valence-corrected chi connectivity index (χ1v) is 4.32. The average molecular weight is 190 g/mol. The molecule has 1 fully saturated rings. The Balaban J connectivity index is 2.40. The lowest BCUT2D eigenvalue weighted by molar-refractivity contribution is -0.112. The summed E-state index contributed by atoms with van der Waals surface area (Å²) in [6, 6.07) is 0. The van der Waals surface area contributed by atoms with Crippen molar-refractivity contribution in [1.29, 1.82) is 0 Å². The molecule has 0 amide bonds. The second-order valence-corrected chi connectivity index (χ2v) is 3.43. The van der Waals surface area contributed by atoms with Gasteiger partial charge in [0.05, 0.1) is 0 Å². The van der Waals surface area contributed by atoms with Crippen molar-refractivity contribution in [3.05, 3.63) is 24.0 Å². The van der Waals surface area contributed by atoms with Gasteiger partial charge in [-0.1, -0.05) is 6.58 Å². The molecular formula is C11H10O3. The first kappa shape index (κ1) is 9.04. The molecule has 2 aliphatic rings. The van der Waals surface area contributed by atoms with E-state index in [0.29, 0.717) is 24.2 Å². The van der Waals surface area contributed by atoms with Crippen LogP contribution in [0.15, 0.2) is 24.0 Å². The average Bonchev–Trinajstić information content (AvgIpc) is 2.49. The molecular weight excluding hydrogens is 180 g/mol. The molecule has 1 atom stereocenters. The fraction of sp³-hybridized carbons (Fsp3) is 0.364. The summed E-state index contributed by atoms with van der Waals surface area (Å²) < 4.78 is 10.7. The molecule has 14 heavy (non-hydrogen) atoms. The van der Waals surface area contributed by atoms with E-state index in [1.807, 2.05) is 0 Å². The zero-order valence-electron chi connectivity index (χ0n) is 7.71. The van der Waals surface area contributed by atoms with E-state index in [1.54, 1.807) is 0 Å². The van der Waals surface area contributed by atoms with Crippen LogP contribution < -0.4 is 0 Å². The standard InChI is InChI=1S/C11H10O3/c1-3-4-11-6-8(2)9(12)5-10(11)13-7-14-11/h1,5H,2,4,6-7H2. The molecule has 0 aromatic rings. The SMILES string of the molecule is C#CCC12CC(=C)C(=O)C=C1OCO2. The minimum Gasteiger partial charge on any atom is -0.469 e. The van der Waals surface area contributed by atoms with Crippen LogP contribution in [0.1, 0.15) is 12.8 Å². The summed E-state index contributed by atoms with van der Waals surface area (Å²) in [6.45, 7) is 3.85. The van der Waals surface area contributed by atoms with Gasteiger partial charge in [-0.15, -0.1) is 12.3 Å². The summed E-state index contributed by atoms with van der Waals surface area (Å²) in [5.41, 5.74) is -0.103. The fourth-order valence-corrected chi connectivity index (χ4v) is 1.74. The van der Waals surface area contributed by atoms with Crippen molar-refractivity contribution in [2.24, 2.45) is 0 Å². The molecule has 0 bridgehead atoms. The van der Waals surface area contributed by atoms with Gasteiger partial charge in [-0.25, -0.2) is 0 Å². The van der Waals surface area contributed by atoms with Crippen LogP contribution >= 0.6 is 0 Å². The van der Waals surface area contributed by atoms with Crippen LogP contribution in [0.4, 0.5) is 0 Å². The number of hydrogen-bond donors (Lipinski definition) is 0. The summed E-state index contributed by atoms with van der Waals surface area (Å²) in [5, 5.41) is 0. The van der Waals surface area contributed by atoms with Crippen LogP contribution in [0, 0.1) is 12.3 Å². The summed E-state index contributed by atoms with van der Waals surface area (Å²) in [7, 11) is 0. The molecule has 1 aliphatic carbocycles. The van der Waals surface area contributed by atoms with Gasteiger partial charge in [0.2, 0.25) is 0 Å². The van der Waals surface area contributed by atoms with Gasteiger partial charge in [0.15, 0.2) is 12.6 Å². The number of rotatable bonds is 1. The number of hydrogen-bond acceptors (Lipinski definition) is 3. The summed E-state index contributed by atoms with van der Waals surface area (Å²) in [5.74, 6) is 2.99. The van der Waals surface area contributed by atoms with Crippen LogP contribution in [-0.2, 0) is 14.3 Å². The Kier molecular flexibility index (Phi) is 1.94. The van der Waals surface area contributed by atoms with Crippen molar-refractivity contribution < 1.29 is 14.3 Å². The molecule has 2 rings (SSSR count). The zero-order valence-corrected chi connectivity index (χ0v) is 7.71. The molecule has 0 saturated carbocycles. The van der Waals surface area contributed by atoms with Gasteiger partial charge in [0.1, 0.15) is 11.4 Å². The number of carbonyl (C=O) groups excluding carboxylic acids is 1. The van der Waals surface area contributed by atoms with Gasteiger partial charge < -0.3 is 9.47 Å². The molecule has 0 radical (unpaired) electrons. The lowest BCUT2D eigenvalue weighted by Gasteiger charge is -2.28. The third-order valence-corrected chi connectivity index (χ3v) is 2.50. The molecule has 3 heteroatoms. The molecule has 1 unspecified atom stereocenters. The smallest absolute Gasteiger partial charge is 0.190 e. The van der Waals surface area contributed by atoms with E-state index in [2.05, 4.69) is 12.5 Å². The van der Waals surface area contributed by atoms with Crippen LogP contribution in [0.2, 0.25) is 0 Å². The van der Waals surface area contributed by atoms with Gasteiger partial charge in [0.25, 0.3) is 0 Å². The van der Waals surface area contributed by atoms with E-state index in [1.165, 1.54) is 6.08 Å². The maximum Gasteiger partial charge on any atom is 0.190 e. The highest BCUT2D eigenvalue weighted by Gasteiger charge is 2.45. The van der Waals surface area contributed by atoms with Crippen molar-refractivity contribution in [2.45, 2.75) is 18.4 Å². The van der Waals surface area contributed by atoms with Crippen LogP contribution in [0.5, 0.6) is 0 Å². The summed E-state index contributed by atoms with van der Waals surface area (Å²) in [6.07, 6.45) is 7.53. The first-order valence-electron chi connectivity index (χ1n) is 4.32. The molecule has 1 saturated heterocycles. The van der Waals surface area contributed by atoms with Crippen molar-refractivity contribution in [1.82, 2.24) is 0 Å². The number of allylic oxidation sites excluding steroid dienone is 1. The molecule has 1 heterocycles. The highest BCUT2D eigenvalue weighted by atomic mass is 16.7. The number of carbonyl (C=O) groups is 1. The van der Waals surface area contributed by atoms with Crippen LogP contribution in [-0.4, -0.2) is 18.2 Å². The molecule has 0 aromatic heterocycles. The summed E-state index contributed by atoms with van der Waals surface area (Å²) in [4.78, 5) is 11.3. The Bertz CT molecular complexity index is 372. The Hall–Kier alpha value is -1.53. The maximum atomic E-state index is 11.3. The predicted octanol–water partition coefficient (Wildman–Crippen LogP) is 1.17. The minimum atomic E-state index is -0.625. The lowest BCUT2D eigenvalue weighted by atomic mass is 9.83. The van der Waals surface area contributed by atoms with Gasteiger partial charge in [-0.05, 0) is 5.57 Å². The second kappa shape index (κ2) is 3.00. The van der Waals surface area contributed by atoms with Crippen molar-refractivity contribution in [2.75, 3.05) is 6.79 Å². The third-order valence-electron chi connectivity index (χ3n) is 2.50. The number of ether oxygens (including phenoxy) is 2. The molecule has 0 aromatic carbocycles. The molecule has 1 aliphatic heterocycles. The number of fused-ring (bicyclic) bond motifs is 1. The predicted molar refractivity (Wildman–Crippen MR) is 50.1 cm³/mol. The van der Waals surface area contributed by atoms with Crippen molar-refractivity contribution >= 4 is 5.78 Å². The fourth-order valence-electron chi connectivity index (χ4n) is 1.74. The quantitative estimate of drug-likeness (QED) is 0.460. The van der Waals surface area contributed by atoms with Crippen molar-refractivity contribution in [3.8, 4) is 12.3 Å². The van der Waals surface area contributed by atoms with E-state index in [9.17, 15) is 4.79 Å². The number of ketones is 1. The third kappa shape index (κ3) is 1.16. The zero-order chi connectivity index (χ0) is 10.2. The largest absolute Gasteiger partial charge is 0.469 e. The topological polar surface area (TPSA) is 35.5 Å². The minimum absolute atomic E-state index is 0.0989. The highest BCUT2D eigenvalue weighted by molar-refractivity contribution is 6.05. The number of terminal acetylenes is 1. The normalized spacial score (nSPS) is 30.4. The van der Waals surface area contributed by atoms with Gasteiger partial charge in [-0.3, -0.25) is 4.79 Å². The van der Waals surface area contributed by atoms with E-state index in [4.69, 9.17) is 15.9 Å². The van der Waals surface area contributed by atoms with Crippen LogP contribution in [0.25, 0.3) is 0 Å². The Morgan fingerprint density at radius 1 is 1.71 bits per heavy atom. The Labute approximate surface area is 82.4 Å². The second-order valence-electron chi connectivity index (χ2n) is 3.43. The highest BCUT2D eigenvalue weighted by Crippen LogP contribution is 2.40. The van der Waals surface area contributed by atoms with Gasteiger partial charge in [0, 0.05) is 18.9 Å². The van der Waals surface area contributed by atoms with E-state index in [-0.39, 0.29) is 12.6 Å². The first-order chi connectivity index (χ1) is 6.68. The Morgan fingerprint density at radius 2 is 2.50 bits per heavy atom. The van der Waals surface area contributed by atoms with Gasteiger partial charge >= 0.3 is 0 Å². The van der Waals surface area contributed by atoms with Crippen molar-refractivity contribution in [3.63, 3.8) is 0 Å². The van der Waals surface area contributed by atoms with E-state index >= 15 is 0 Å².